The van der Waals surface area contributed by atoms with E-state index in [1.165, 1.54) is 32.5 Å². The van der Waals surface area contributed by atoms with Crippen LogP contribution in [0.5, 0.6) is 0 Å². The Kier molecular flexibility index (Phi) is 3.31. The van der Waals surface area contributed by atoms with E-state index in [2.05, 4.69) is 20.2 Å². The van der Waals surface area contributed by atoms with Crippen molar-refractivity contribution < 1.29 is 0 Å². The minimum Gasteiger partial charge on any atom is -0.379 e. The summed E-state index contributed by atoms with van der Waals surface area (Å²) in [6.07, 6.45) is 6.37. The second kappa shape index (κ2) is 5.45. The van der Waals surface area contributed by atoms with Gasteiger partial charge in [-0.1, -0.05) is 30.3 Å². The van der Waals surface area contributed by atoms with E-state index < -0.39 is 0 Å². The first-order valence-corrected chi connectivity index (χ1v) is 7.75. The summed E-state index contributed by atoms with van der Waals surface area (Å²) in [4.78, 5) is 11.6. The zero-order chi connectivity index (χ0) is 14.1. The number of aromatic nitrogens is 2. The van der Waals surface area contributed by atoms with Gasteiger partial charge < -0.3 is 10.2 Å². The van der Waals surface area contributed by atoms with E-state index in [0.717, 1.165) is 23.0 Å². The molecule has 1 N–H and O–H groups in total. The van der Waals surface area contributed by atoms with Gasteiger partial charge in [-0.2, -0.15) is 0 Å². The van der Waals surface area contributed by atoms with E-state index in [9.17, 15) is 0 Å². The lowest BCUT2D eigenvalue weighted by molar-refractivity contribution is 0.255. The highest BCUT2D eigenvalue weighted by atomic mass is 15.2. The third-order valence-electron chi connectivity index (χ3n) is 4.67. The van der Waals surface area contributed by atoms with Crippen molar-refractivity contribution >= 4 is 5.69 Å². The summed E-state index contributed by atoms with van der Waals surface area (Å²) in [5, 5.41) is 3.64. The fourth-order valence-electron chi connectivity index (χ4n) is 3.49. The molecule has 4 rings (SSSR count). The average Bonchev–Trinajstić information content (AvgIpc) is 2.94. The number of hydrogen-bond donors (Lipinski definition) is 1. The van der Waals surface area contributed by atoms with E-state index in [0.29, 0.717) is 6.04 Å². The topological polar surface area (TPSA) is 41.1 Å². The molecule has 21 heavy (non-hydrogen) atoms. The van der Waals surface area contributed by atoms with Gasteiger partial charge in [-0.15, -0.1) is 0 Å². The van der Waals surface area contributed by atoms with Gasteiger partial charge in [-0.25, -0.2) is 9.97 Å². The molecule has 0 aliphatic carbocycles. The summed E-state index contributed by atoms with van der Waals surface area (Å²) < 4.78 is 0. The van der Waals surface area contributed by atoms with Crippen LogP contribution in [0.3, 0.4) is 0 Å². The predicted octanol–water partition coefficient (Wildman–Crippen LogP) is 2.65. The monoisotopic (exact) mass is 280 g/mol. The van der Waals surface area contributed by atoms with E-state index in [4.69, 9.17) is 0 Å². The van der Waals surface area contributed by atoms with Crippen molar-refractivity contribution in [3.63, 3.8) is 0 Å². The fraction of sp³-hybridized carbons (Fsp3) is 0.412. The summed E-state index contributed by atoms with van der Waals surface area (Å²) in [7, 11) is 0. The Morgan fingerprint density at radius 2 is 1.76 bits per heavy atom. The molecule has 108 valence electrons. The Bertz CT molecular complexity index is 596. The molecular formula is C17H20N4. The van der Waals surface area contributed by atoms with Crippen LogP contribution < -0.4 is 5.32 Å². The number of hydrogen-bond acceptors (Lipinski definition) is 4. The number of rotatable bonds is 3. The zero-order valence-electron chi connectivity index (χ0n) is 12.1. The molecule has 2 aromatic rings. The average molecular weight is 280 g/mol. The summed E-state index contributed by atoms with van der Waals surface area (Å²) >= 11 is 0. The minimum atomic E-state index is 0.579. The molecule has 1 aromatic carbocycles. The first kappa shape index (κ1) is 12.8. The van der Waals surface area contributed by atoms with Gasteiger partial charge in [0, 0.05) is 24.7 Å². The Morgan fingerprint density at radius 1 is 1.00 bits per heavy atom. The van der Waals surface area contributed by atoms with Gasteiger partial charge in [0.05, 0.1) is 18.1 Å². The van der Waals surface area contributed by atoms with Crippen molar-refractivity contribution in [2.24, 2.45) is 5.92 Å². The molecule has 0 amide bonds. The van der Waals surface area contributed by atoms with Crippen LogP contribution in [0.2, 0.25) is 0 Å². The maximum Gasteiger partial charge on any atom is 0.159 e. The number of piperidine rings is 1. The number of anilines is 1. The Hall–Kier alpha value is -1.94. The molecule has 2 bridgehead atoms. The van der Waals surface area contributed by atoms with Crippen LogP contribution in [0.4, 0.5) is 5.69 Å². The van der Waals surface area contributed by atoms with Crippen molar-refractivity contribution in [1.29, 1.82) is 0 Å². The quantitative estimate of drug-likeness (QED) is 0.938. The molecule has 2 saturated heterocycles. The summed E-state index contributed by atoms with van der Waals surface area (Å²) in [5.41, 5.74) is 2.10. The maximum atomic E-state index is 4.49. The second-order valence-electron chi connectivity index (χ2n) is 6.05. The van der Waals surface area contributed by atoms with Crippen LogP contribution >= 0.6 is 0 Å². The van der Waals surface area contributed by atoms with Gasteiger partial charge in [0.15, 0.2) is 5.82 Å². The lowest BCUT2D eigenvalue weighted by Gasteiger charge is -2.31. The standard InChI is InChI=1S/C17H20N4/c1-2-4-13(5-3-1)17-18-10-15(11-19-17)20-16-7-9-21-8-6-14(16)12-21/h1-5,10-11,14,16,20H,6-9,12H2. The highest BCUT2D eigenvalue weighted by Crippen LogP contribution is 2.29. The smallest absolute Gasteiger partial charge is 0.159 e. The fourth-order valence-corrected chi connectivity index (χ4v) is 3.49. The molecule has 3 unspecified atom stereocenters. The van der Waals surface area contributed by atoms with Gasteiger partial charge in [0.1, 0.15) is 0 Å². The van der Waals surface area contributed by atoms with Gasteiger partial charge in [-0.3, -0.25) is 0 Å². The first-order chi connectivity index (χ1) is 10.4. The molecule has 2 fully saturated rings. The van der Waals surface area contributed by atoms with E-state index in [1.54, 1.807) is 0 Å². The number of benzene rings is 1. The van der Waals surface area contributed by atoms with Crippen LogP contribution in [0.25, 0.3) is 11.4 Å². The summed E-state index contributed by atoms with van der Waals surface area (Å²) in [6.45, 7) is 3.74. The lowest BCUT2D eigenvalue weighted by atomic mass is 9.94. The number of nitrogens with one attached hydrogen (secondary N) is 1. The molecule has 2 aliphatic heterocycles. The van der Waals surface area contributed by atoms with Crippen LogP contribution in [0.15, 0.2) is 42.7 Å². The third kappa shape index (κ3) is 2.63. The molecular weight excluding hydrogens is 260 g/mol. The molecule has 2 aliphatic rings. The SMILES string of the molecule is c1ccc(-c2ncc(NC3CCN4CCC3C4)cn2)cc1. The Balaban J connectivity index is 1.47. The highest BCUT2D eigenvalue weighted by Gasteiger charge is 2.34. The molecule has 0 spiro atoms. The molecule has 0 radical (unpaired) electrons. The van der Waals surface area contributed by atoms with Gasteiger partial charge in [-0.05, 0) is 25.3 Å². The summed E-state index contributed by atoms with van der Waals surface area (Å²) in [5.74, 6) is 1.57. The van der Waals surface area contributed by atoms with Gasteiger partial charge in [0.25, 0.3) is 0 Å². The van der Waals surface area contributed by atoms with Crippen molar-refractivity contribution in [2.45, 2.75) is 18.9 Å². The van der Waals surface area contributed by atoms with Crippen LogP contribution in [-0.2, 0) is 0 Å². The van der Waals surface area contributed by atoms with E-state index >= 15 is 0 Å². The molecule has 4 heteroatoms. The molecule has 4 nitrogen and oxygen atoms in total. The molecule has 0 saturated carbocycles. The lowest BCUT2D eigenvalue weighted by Crippen LogP contribution is -2.39. The third-order valence-corrected chi connectivity index (χ3v) is 4.67. The van der Waals surface area contributed by atoms with Gasteiger partial charge >= 0.3 is 0 Å². The zero-order valence-corrected chi connectivity index (χ0v) is 12.1. The van der Waals surface area contributed by atoms with E-state index in [-0.39, 0.29) is 0 Å². The molecule has 1 aromatic heterocycles. The highest BCUT2D eigenvalue weighted by molar-refractivity contribution is 5.55. The van der Waals surface area contributed by atoms with Crippen molar-refractivity contribution in [2.75, 3.05) is 25.0 Å². The van der Waals surface area contributed by atoms with Crippen LogP contribution in [-0.4, -0.2) is 40.5 Å². The Morgan fingerprint density at radius 3 is 2.57 bits per heavy atom. The summed E-state index contributed by atoms with van der Waals surface area (Å²) in [6, 6.07) is 10.7. The first-order valence-electron chi connectivity index (χ1n) is 7.75. The largest absolute Gasteiger partial charge is 0.379 e. The van der Waals surface area contributed by atoms with E-state index in [1.807, 2.05) is 42.7 Å². The van der Waals surface area contributed by atoms with Crippen LogP contribution in [0.1, 0.15) is 12.8 Å². The number of nitrogens with zero attached hydrogens (tertiary/aromatic N) is 3. The Labute approximate surface area is 125 Å². The second-order valence-corrected chi connectivity index (χ2v) is 6.05. The maximum absolute atomic E-state index is 4.49. The van der Waals surface area contributed by atoms with Crippen molar-refractivity contribution in [1.82, 2.24) is 14.9 Å². The van der Waals surface area contributed by atoms with Crippen molar-refractivity contribution in [3.8, 4) is 11.4 Å². The number of fused-ring (bicyclic) bond motifs is 2. The predicted molar refractivity (Wildman–Crippen MR) is 84.0 cm³/mol. The molecule has 3 heterocycles. The normalized spacial score (nSPS) is 27.5. The van der Waals surface area contributed by atoms with Gasteiger partial charge in [0.2, 0.25) is 0 Å². The molecule has 3 atom stereocenters. The van der Waals surface area contributed by atoms with Crippen molar-refractivity contribution in [3.05, 3.63) is 42.7 Å². The minimum absolute atomic E-state index is 0.579. The van der Waals surface area contributed by atoms with Crippen LogP contribution in [0, 0.1) is 5.92 Å².